The van der Waals surface area contributed by atoms with Crippen LogP contribution >= 0.6 is 7.29 Å². The number of methoxy groups -OCH3 is 1. The maximum absolute atomic E-state index is 14.4. The van der Waals surface area contributed by atoms with Gasteiger partial charge in [-0.3, -0.25) is 4.57 Å². The highest BCUT2D eigenvalue weighted by atomic mass is 31.2. The van der Waals surface area contributed by atoms with Crippen molar-refractivity contribution in [3.8, 4) is 5.75 Å². The zero-order valence-electron chi connectivity index (χ0n) is 13.4. The van der Waals surface area contributed by atoms with E-state index >= 15 is 0 Å². The molecule has 1 aliphatic heterocycles. The van der Waals surface area contributed by atoms with Crippen molar-refractivity contribution in [1.82, 2.24) is 0 Å². The number of hydrogen-bond acceptors (Lipinski definition) is 2. The Bertz CT molecular complexity index is 924. The van der Waals surface area contributed by atoms with Crippen LogP contribution in [0, 0.1) is 0 Å². The van der Waals surface area contributed by atoms with E-state index in [0.29, 0.717) is 12.3 Å². The smallest absolute Gasteiger partial charge is 0.233 e. The van der Waals surface area contributed by atoms with Crippen LogP contribution in [0.2, 0.25) is 0 Å². The van der Waals surface area contributed by atoms with E-state index in [9.17, 15) is 4.57 Å². The fourth-order valence-electron chi connectivity index (χ4n) is 3.33. The molecule has 0 saturated carbocycles. The van der Waals surface area contributed by atoms with Gasteiger partial charge >= 0.3 is 0 Å². The lowest BCUT2D eigenvalue weighted by atomic mass is 10.2. The summed E-state index contributed by atoms with van der Waals surface area (Å²) in [5, 5.41) is 1.65. The third-order valence-electron chi connectivity index (χ3n) is 4.44. The molecule has 0 radical (unpaired) electrons. The van der Waals surface area contributed by atoms with Crippen molar-refractivity contribution in [2.24, 2.45) is 0 Å². The molecule has 0 N–H and O–H groups in total. The largest absolute Gasteiger partial charge is 0.496 e. The van der Waals surface area contributed by atoms with Crippen molar-refractivity contribution in [1.29, 1.82) is 0 Å². The maximum Gasteiger partial charge on any atom is 0.233 e. The molecule has 0 fully saturated rings. The summed E-state index contributed by atoms with van der Waals surface area (Å²) in [5.41, 5.74) is 2.07. The van der Waals surface area contributed by atoms with Crippen molar-refractivity contribution < 1.29 is 9.30 Å². The molecule has 0 amide bonds. The number of nitrogens with zero attached hydrogens (tertiary/aromatic N) is 1. The highest BCUT2D eigenvalue weighted by Gasteiger charge is 2.43. The van der Waals surface area contributed by atoms with E-state index < -0.39 is 7.29 Å². The van der Waals surface area contributed by atoms with Gasteiger partial charge in [-0.2, -0.15) is 0 Å². The van der Waals surface area contributed by atoms with E-state index in [1.165, 1.54) is 0 Å². The summed E-state index contributed by atoms with van der Waals surface area (Å²) in [6.45, 7) is 0.634. The number of hydrogen-bond donors (Lipinski definition) is 0. The molecule has 4 heteroatoms. The predicted molar refractivity (Wildman–Crippen MR) is 98.9 cm³/mol. The first-order valence-corrected chi connectivity index (χ1v) is 9.56. The normalized spacial score (nSPS) is 19.1. The Labute approximate surface area is 141 Å². The quantitative estimate of drug-likeness (QED) is 0.679. The Hall–Kier alpha value is -2.51. The topological polar surface area (TPSA) is 29.5 Å². The number of benzene rings is 3. The van der Waals surface area contributed by atoms with Crippen LogP contribution in [0.4, 0.5) is 5.69 Å². The molecule has 4 rings (SSSR count). The van der Waals surface area contributed by atoms with Crippen molar-refractivity contribution in [2.75, 3.05) is 11.8 Å². The van der Waals surface area contributed by atoms with E-state index in [4.69, 9.17) is 4.74 Å². The summed E-state index contributed by atoms with van der Waals surface area (Å²) in [5.74, 6) is 0.665. The molecule has 0 aromatic heterocycles. The standard InChI is InChI=1S/C20H18NO2P/c1-23-18-12-6-8-14-20(18)24(22)19-13-7-5-9-16(19)15-21(24)17-10-3-2-4-11-17/h2-14H,15H2,1H3. The van der Waals surface area contributed by atoms with E-state index in [0.717, 1.165) is 21.9 Å². The van der Waals surface area contributed by atoms with Gasteiger partial charge < -0.3 is 9.41 Å². The van der Waals surface area contributed by atoms with Crippen molar-refractivity contribution >= 4 is 23.6 Å². The minimum absolute atomic E-state index is 0.634. The van der Waals surface area contributed by atoms with Gasteiger partial charge in [0.2, 0.25) is 7.29 Å². The summed E-state index contributed by atoms with van der Waals surface area (Å²) in [6.07, 6.45) is 0. The van der Waals surface area contributed by atoms with E-state index in [2.05, 4.69) is 6.07 Å². The minimum Gasteiger partial charge on any atom is -0.496 e. The predicted octanol–water partition coefficient (Wildman–Crippen LogP) is 3.94. The van der Waals surface area contributed by atoms with E-state index in [1.807, 2.05) is 77.5 Å². The van der Waals surface area contributed by atoms with Gasteiger partial charge in [-0.1, -0.05) is 48.5 Å². The fourth-order valence-corrected chi connectivity index (χ4v) is 6.49. The summed E-state index contributed by atoms with van der Waals surface area (Å²) in [7, 11) is -1.37. The Balaban J connectivity index is 1.99. The number of anilines is 1. The van der Waals surface area contributed by atoms with Gasteiger partial charge in [-0.15, -0.1) is 0 Å². The first kappa shape index (κ1) is 15.0. The Morgan fingerprint density at radius 3 is 2.21 bits per heavy atom. The third-order valence-corrected chi connectivity index (χ3v) is 7.61. The van der Waals surface area contributed by atoms with E-state index in [1.54, 1.807) is 7.11 Å². The van der Waals surface area contributed by atoms with Crippen LogP contribution in [0.1, 0.15) is 5.56 Å². The molecule has 120 valence electrons. The van der Waals surface area contributed by atoms with Crippen LogP contribution in [0.25, 0.3) is 0 Å². The maximum atomic E-state index is 14.4. The van der Waals surface area contributed by atoms with Crippen LogP contribution in [-0.2, 0) is 11.1 Å². The zero-order valence-corrected chi connectivity index (χ0v) is 14.3. The molecule has 1 unspecified atom stereocenters. The van der Waals surface area contributed by atoms with Gasteiger partial charge in [0, 0.05) is 11.0 Å². The second kappa shape index (κ2) is 5.85. The third kappa shape index (κ3) is 2.16. The second-order valence-electron chi connectivity index (χ2n) is 5.77. The Morgan fingerprint density at radius 1 is 0.833 bits per heavy atom. The lowest BCUT2D eigenvalue weighted by molar-refractivity contribution is 0.418. The van der Waals surface area contributed by atoms with Gasteiger partial charge in [0.05, 0.1) is 19.0 Å². The van der Waals surface area contributed by atoms with Crippen molar-refractivity contribution in [3.05, 3.63) is 84.4 Å². The first-order chi connectivity index (χ1) is 11.7. The molecule has 0 saturated heterocycles. The Morgan fingerprint density at radius 2 is 1.46 bits per heavy atom. The van der Waals surface area contributed by atoms with Crippen molar-refractivity contribution in [2.45, 2.75) is 6.54 Å². The molecule has 1 heterocycles. The number of ether oxygens (including phenoxy) is 1. The lowest BCUT2D eigenvalue weighted by Crippen LogP contribution is -2.25. The molecule has 3 nitrogen and oxygen atoms in total. The monoisotopic (exact) mass is 335 g/mol. The van der Waals surface area contributed by atoms with Crippen LogP contribution in [-0.4, -0.2) is 7.11 Å². The fraction of sp³-hybridized carbons (Fsp3) is 0.100. The molecule has 3 aromatic carbocycles. The summed E-state index contributed by atoms with van der Waals surface area (Å²) < 4.78 is 21.9. The summed E-state index contributed by atoms with van der Waals surface area (Å²) in [4.78, 5) is 0. The first-order valence-electron chi connectivity index (χ1n) is 7.90. The van der Waals surface area contributed by atoms with Gasteiger partial charge in [-0.25, -0.2) is 0 Å². The number of para-hydroxylation sites is 2. The summed E-state index contributed by atoms with van der Waals surface area (Å²) >= 11 is 0. The molecule has 0 bridgehead atoms. The SMILES string of the molecule is COc1ccccc1P1(=O)c2ccccc2CN1c1ccccc1. The average Bonchev–Trinajstić information content (AvgIpc) is 2.96. The van der Waals surface area contributed by atoms with Gasteiger partial charge in [0.15, 0.2) is 0 Å². The highest BCUT2D eigenvalue weighted by molar-refractivity contribution is 7.80. The second-order valence-corrected chi connectivity index (χ2v) is 8.37. The molecule has 24 heavy (non-hydrogen) atoms. The molecule has 0 spiro atoms. The van der Waals surface area contributed by atoms with Gasteiger partial charge in [-0.05, 0) is 35.9 Å². The van der Waals surface area contributed by atoms with Crippen LogP contribution in [0.15, 0.2) is 78.9 Å². The summed E-state index contributed by atoms with van der Waals surface area (Å²) in [6, 6.07) is 25.5. The lowest BCUT2D eigenvalue weighted by Gasteiger charge is -2.28. The van der Waals surface area contributed by atoms with Crippen LogP contribution < -0.4 is 20.0 Å². The van der Waals surface area contributed by atoms with Crippen LogP contribution in [0.5, 0.6) is 5.75 Å². The van der Waals surface area contributed by atoms with E-state index in [-0.39, 0.29) is 0 Å². The molecular weight excluding hydrogens is 317 g/mol. The minimum atomic E-state index is -2.99. The Kier molecular flexibility index (Phi) is 3.66. The average molecular weight is 335 g/mol. The number of rotatable bonds is 3. The van der Waals surface area contributed by atoms with Gasteiger partial charge in [0.25, 0.3) is 0 Å². The van der Waals surface area contributed by atoms with Gasteiger partial charge in [0.1, 0.15) is 5.75 Å². The molecule has 1 atom stereocenters. The highest BCUT2D eigenvalue weighted by Crippen LogP contribution is 2.56. The number of fused-ring (bicyclic) bond motifs is 1. The molecule has 0 aliphatic carbocycles. The zero-order chi connectivity index (χ0) is 16.6. The van der Waals surface area contributed by atoms with Crippen molar-refractivity contribution in [3.63, 3.8) is 0 Å². The van der Waals surface area contributed by atoms with Crippen LogP contribution in [0.3, 0.4) is 0 Å². The molecular formula is C20H18NO2P. The molecule has 1 aliphatic rings. The molecule has 3 aromatic rings.